The molecule has 1 fully saturated rings. The zero-order valence-corrected chi connectivity index (χ0v) is 23.5. The fourth-order valence-corrected chi connectivity index (χ4v) is 6.12. The van der Waals surface area contributed by atoms with Gasteiger partial charge in [-0.2, -0.15) is 18.3 Å². The van der Waals surface area contributed by atoms with Crippen molar-refractivity contribution in [3.63, 3.8) is 0 Å². The molecule has 0 N–H and O–H groups in total. The number of alkyl halides is 3. The molecular weight excluding hydrogens is 575 g/mol. The Balaban J connectivity index is 0.968. The molecule has 6 rings (SSSR count). The lowest BCUT2D eigenvalue weighted by Crippen LogP contribution is -2.45. The van der Waals surface area contributed by atoms with Crippen molar-refractivity contribution >= 4 is 22.8 Å². The van der Waals surface area contributed by atoms with Gasteiger partial charge in [0.1, 0.15) is 36.0 Å². The normalized spacial score (nSPS) is 17.6. The number of thiophene rings is 1. The molecule has 0 aliphatic carbocycles. The van der Waals surface area contributed by atoms with Gasteiger partial charge in [-0.05, 0) is 47.4 Å². The number of ether oxygens (including phenoxy) is 2. The predicted molar refractivity (Wildman–Crippen MR) is 149 cm³/mol. The van der Waals surface area contributed by atoms with Crippen LogP contribution in [0.5, 0.6) is 11.8 Å². The van der Waals surface area contributed by atoms with Gasteiger partial charge in [-0.15, -0.1) is 11.3 Å². The average Bonchev–Trinajstić information content (AvgIpc) is 3.70. The van der Waals surface area contributed by atoms with Crippen molar-refractivity contribution in [1.82, 2.24) is 24.2 Å². The Kier molecular flexibility index (Phi) is 7.53. The summed E-state index contributed by atoms with van der Waals surface area (Å²) in [7, 11) is 1.31. The van der Waals surface area contributed by atoms with E-state index in [0.717, 1.165) is 58.9 Å². The third-order valence-electron chi connectivity index (χ3n) is 7.35. The molecule has 2 aliphatic heterocycles. The minimum Gasteiger partial charge on any atom is -0.490 e. The number of imidazole rings is 1. The largest absolute Gasteiger partial charge is 0.490 e. The summed E-state index contributed by atoms with van der Waals surface area (Å²) in [5.74, 6) is 0.486. The lowest BCUT2D eigenvalue weighted by atomic mass is 10.2. The maximum Gasteiger partial charge on any atom is 0.433 e. The van der Waals surface area contributed by atoms with E-state index in [1.54, 1.807) is 4.57 Å². The summed E-state index contributed by atoms with van der Waals surface area (Å²) in [5.41, 5.74) is 0.673. The highest BCUT2D eigenvalue weighted by molar-refractivity contribution is 7.15. The number of halogens is 3. The SMILES string of the molecule is Cn1nc(-c2ccc(CN3CCN(c4ccc(OCC5CCn6cc([N+](=O)[O-])nc6O5)cc4)CC3)s2)cc1C(F)(F)F. The second-order valence-corrected chi connectivity index (χ2v) is 11.4. The van der Waals surface area contributed by atoms with Gasteiger partial charge in [0.25, 0.3) is 0 Å². The van der Waals surface area contributed by atoms with Crippen LogP contribution in [-0.4, -0.2) is 68.0 Å². The van der Waals surface area contributed by atoms with E-state index >= 15 is 0 Å². The van der Waals surface area contributed by atoms with Crippen LogP contribution >= 0.6 is 11.3 Å². The van der Waals surface area contributed by atoms with E-state index in [0.29, 0.717) is 31.0 Å². The number of hydrogen-bond donors (Lipinski definition) is 0. The van der Waals surface area contributed by atoms with Crippen LogP contribution in [0.4, 0.5) is 24.7 Å². The first-order valence-electron chi connectivity index (χ1n) is 13.4. The van der Waals surface area contributed by atoms with Crippen molar-refractivity contribution in [2.45, 2.75) is 31.8 Å². The topological polar surface area (TPSA) is 104 Å². The summed E-state index contributed by atoms with van der Waals surface area (Å²) >= 11 is 1.47. The fourth-order valence-electron chi connectivity index (χ4n) is 5.12. The van der Waals surface area contributed by atoms with Gasteiger partial charge in [0, 0.05) is 68.3 Å². The highest BCUT2D eigenvalue weighted by Gasteiger charge is 2.35. The molecule has 1 atom stereocenters. The minimum atomic E-state index is -4.43. The summed E-state index contributed by atoms with van der Waals surface area (Å²) < 4.78 is 53.6. The number of rotatable bonds is 8. The third-order valence-corrected chi connectivity index (χ3v) is 8.44. The van der Waals surface area contributed by atoms with Crippen molar-refractivity contribution in [3.8, 4) is 22.3 Å². The number of nitro groups is 1. The summed E-state index contributed by atoms with van der Waals surface area (Å²) in [6.45, 7) is 5.05. The van der Waals surface area contributed by atoms with Crippen molar-refractivity contribution in [1.29, 1.82) is 0 Å². The molecule has 0 spiro atoms. The van der Waals surface area contributed by atoms with E-state index in [2.05, 4.69) is 19.9 Å². The van der Waals surface area contributed by atoms with E-state index in [1.165, 1.54) is 24.6 Å². The number of fused-ring (bicyclic) bond motifs is 1. The van der Waals surface area contributed by atoms with Crippen LogP contribution in [0, 0.1) is 10.1 Å². The molecule has 0 radical (unpaired) electrons. The van der Waals surface area contributed by atoms with Crippen LogP contribution in [0.25, 0.3) is 10.6 Å². The first kappa shape index (κ1) is 28.0. The number of nitrogens with zero attached hydrogens (tertiary/aromatic N) is 7. The monoisotopic (exact) mass is 603 g/mol. The van der Waals surface area contributed by atoms with Gasteiger partial charge in [0.15, 0.2) is 0 Å². The van der Waals surface area contributed by atoms with Gasteiger partial charge in [-0.25, -0.2) is 0 Å². The Hall–Kier alpha value is -4.11. The molecule has 2 aliphatic rings. The number of aryl methyl sites for hydroxylation is 2. The molecule has 1 aromatic carbocycles. The number of aromatic nitrogens is 4. The van der Waals surface area contributed by atoms with E-state index < -0.39 is 16.8 Å². The molecule has 0 saturated carbocycles. The highest BCUT2D eigenvalue weighted by Crippen LogP contribution is 2.34. The van der Waals surface area contributed by atoms with Crippen LogP contribution < -0.4 is 14.4 Å². The van der Waals surface area contributed by atoms with Gasteiger partial charge in [0.2, 0.25) is 0 Å². The highest BCUT2D eigenvalue weighted by atomic mass is 32.1. The smallest absolute Gasteiger partial charge is 0.433 e. The molecule has 4 aromatic rings. The van der Waals surface area contributed by atoms with E-state index in [9.17, 15) is 23.3 Å². The van der Waals surface area contributed by atoms with Gasteiger partial charge >= 0.3 is 18.0 Å². The second kappa shape index (κ2) is 11.3. The molecule has 222 valence electrons. The Morgan fingerprint density at radius 2 is 1.88 bits per heavy atom. The maximum atomic E-state index is 13.1. The Morgan fingerprint density at radius 1 is 1.12 bits per heavy atom. The van der Waals surface area contributed by atoms with Gasteiger partial charge in [0.05, 0.1) is 4.88 Å². The van der Waals surface area contributed by atoms with Crippen molar-refractivity contribution < 1.29 is 27.6 Å². The van der Waals surface area contributed by atoms with Gasteiger partial charge in [-0.3, -0.25) is 14.1 Å². The predicted octanol–water partition coefficient (Wildman–Crippen LogP) is 4.82. The maximum absolute atomic E-state index is 13.1. The molecule has 15 heteroatoms. The molecular formula is C27H28F3N7O4S. The number of benzene rings is 1. The number of anilines is 1. The van der Waals surface area contributed by atoms with Crippen LogP contribution in [0.1, 0.15) is 17.0 Å². The molecule has 1 unspecified atom stereocenters. The lowest BCUT2D eigenvalue weighted by Gasteiger charge is -2.36. The van der Waals surface area contributed by atoms with Crippen LogP contribution in [0.3, 0.4) is 0 Å². The number of hydrogen-bond acceptors (Lipinski definition) is 9. The first-order valence-corrected chi connectivity index (χ1v) is 14.2. The Labute approximate surface area is 242 Å². The Morgan fingerprint density at radius 3 is 2.57 bits per heavy atom. The molecule has 1 saturated heterocycles. The Bertz CT molecular complexity index is 1560. The van der Waals surface area contributed by atoms with E-state index in [1.807, 2.05) is 36.4 Å². The van der Waals surface area contributed by atoms with Crippen molar-refractivity contribution in [2.75, 3.05) is 37.7 Å². The zero-order chi connectivity index (χ0) is 29.4. The molecule has 0 bridgehead atoms. The second-order valence-electron chi connectivity index (χ2n) is 10.2. The molecule has 11 nitrogen and oxygen atoms in total. The van der Waals surface area contributed by atoms with Crippen LogP contribution in [0.15, 0.2) is 48.7 Å². The molecule has 3 aromatic heterocycles. The first-order chi connectivity index (χ1) is 20.1. The quantitative estimate of drug-likeness (QED) is 0.209. The van der Waals surface area contributed by atoms with Gasteiger partial charge in [-0.1, -0.05) is 0 Å². The minimum absolute atomic E-state index is 0.227. The molecule has 0 amide bonds. The van der Waals surface area contributed by atoms with Crippen LogP contribution in [0.2, 0.25) is 0 Å². The van der Waals surface area contributed by atoms with Crippen molar-refractivity contribution in [2.24, 2.45) is 7.05 Å². The zero-order valence-electron chi connectivity index (χ0n) is 22.7. The fraction of sp³-hybridized carbons (Fsp3) is 0.407. The third kappa shape index (κ3) is 6.06. The lowest BCUT2D eigenvalue weighted by molar-refractivity contribution is -0.389. The van der Waals surface area contributed by atoms with E-state index in [4.69, 9.17) is 9.47 Å². The standard InChI is InChI=1S/C27H28F3N7O4S/c1-33-24(27(28,29)30)14-22(32-33)23-7-6-21(42-23)15-34-10-12-35(13-11-34)18-2-4-19(5-3-18)40-17-20-8-9-36-16-25(37(38)39)31-26(36)41-20/h2-7,14,16,20H,8-13,15,17H2,1H3. The molecule has 42 heavy (non-hydrogen) atoms. The number of piperazine rings is 1. The van der Waals surface area contributed by atoms with Gasteiger partial charge < -0.3 is 24.5 Å². The van der Waals surface area contributed by atoms with Crippen LogP contribution in [-0.2, 0) is 26.3 Å². The summed E-state index contributed by atoms with van der Waals surface area (Å²) in [6.07, 6.45) is -2.63. The summed E-state index contributed by atoms with van der Waals surface area (Å²) in [6, 6.07) is 13.0. The van der Waals surface area contributed by atoms with Crippen molar-refractivity contribution in [3.05, 3.63) is 69.3 Å². The average molecular weight is 604 g/mol. The van der Waals surface area contributed by atoms with E-state index in [-0.39, 0.29) is 17.9 Å². The molecule has 5 heterocycles. The summed E-state index contributed by atoms with van der Waals surface area (Å²) in [4.78, 5) is 20.8. The summed E-state index contributed by atoms with van der Waals surface area (Å²) in [5, 5.41) is 15.0.